The van der Waals surface area contributed by atoms with Gasteiger partial charge >= 0.3 is 5.97 Å². The molecule has 1 N–H and O–H groups in total. The second kappa shape index (κ2) is 9.81. The molecule has 0 aliphatic rings. The maximum Gasteiger partial charge on any atom is 0.371 e. The third-order valence-corrected chi connectivity index (χ3v) is 4.57. The van der Waals surface area contributed by atoms with Gasteiger partial charge in [-0.1, -0.05) is 34.1 Å². The predicted molar refractivity (Wildman–Crippen MR) is 115 cm³/mol. The number of carboxylic acids is 1. The van der Waals surface area contributed by atoms with Crippen molar-refractivity contribution in [2.45, 2.75) is 13.5 Å². The minimum Gasteiger partial charge on any atom is -0.490 e. The van der Waals surface area contributed by atoms with Crippen LogP contribution in [0.25, 0.3) is 11.6 Å². The Morgan fingerprint density at radius 3 is 2.67 bits per heavy atom. The number of carbonyl (C=O) groups is 1. The normalized spacial score (nSPS) is 11.0. The van der Waals surface area contributed by atoms with Crippen molar-refractivity contribution in [2.24, 2.45) is 0 Å². The summed E-state index contributed by atoms with van der Waals surface area (Å²) < 4.78 is 17.5. The molecule has 0 radical (unpaired) electrons. The SMILES string of the molecule is CCOc1cc(/C=C(/C#N)c2cccc(Br)c2)ccc1OCc1ccc(C(=O)O)o1. The number of hydrogen-bond donors (Lipinski definition) is 1. The summed E-state index contributed by atoms with van der Waals surface area (Å²) in [5.41, 5.74) is 2.11. The van der Waals surface area contributed by atoms with Crippen molar-refractivity contribution in [2.75, 3.05) is 6.61 Å². The molecule has 0 atom stereocenters. The Balaban J connectivity index is 1.83. The number of nitriles is 1. The van der Waals surface area contributed by atoms with Gasteiger partial charge < -0.3 is 19.0 Å². The Kier molecular flexibility index (Phi) is 6.94. The molecule has 3 rings (SSSR count). The van der Waals surface area contributed by atoms with E-state index in [4.69, 9.17) is 19.0 Å². The number of aromatic carboxylic acids is 1. The molecule has 0 bridgehead atoms. The van der Waals surface area contributed by atoms with Gasteiger partial charge in [0.25, 0.3) is 0 Å². The van der Waals surface area contributed by atoms with Crippen molar-refractivity contribution in [1.82, 2.24) is 0 Å². The topological polar surface area (TPSA) is 92.7 Å². The van der Waals surface area contributed by atoms with Gasteiger partial charge in [-0.2, -0.15) is 5.26 Å². The maximum atomic E-state index is 10.9. The van der Waals surface area contributed by atoms with E-state index in [0.717, 1.165) is 15.6 Å². The van der Waals surface area contributed by atoms with Crippen molar-refractivity contribution < 1.29 is 23.8 Å². The van der Waals surface area contributed by atoms with Crippen LogP contribution in [0, 0.1) is 11.3 Å². The fourth-order valence-corrected chi connectivity index (χ4v) is 3.12. The first-order valence-electron chi connectivity index (χ1n) is 9.09. The van der Waals surface area contributed by atoms with Gasteiger partial charge in [-0.3, -0.25) is 0 Å². The van der Waals surface area contributed by atoms with Gasteiger partial charge in [-0.05, 0) is 60.5 Å². The molecule has 1 heterocycles. The van der Waals surface area contributed by atoms with E-state index in [1.165, 1.54) is 6.07 Å². The third-order valence-electron chi connectivity index (χ3n) is 4.08. The van der Waals surface area contributed by atoms with Crippen LogP contribution in [0.15, 0.2) is 63.5 Å². The highest BCUT2D eigenvalue weighted by atomic mass is 79.9. The van der Waals surface area contributed by atoms with Crippen LogP contribution in [-0.2, 0) is 6.61 Å². The Morgan fingerprint density at radius 1 is 1.17 bits per heavy atom. The molecule has 1 aromatic heterocycles. The molecule has 2 aromatic carbocycles. The molecule has 7 heteroatoms. The van der Waals surface area contributed by atoms with Crippen LogP contribution in [0.2, 0.25) is 0 Å². The Hall–Kier alpha value is -3.50. The molecule has 0 aliphatic heterocycles. The summed E-state index contributed by atoms with van der Waals surface area (Å²) in [4.78, 5) is 10.9. The van der Waals surface area contributed by atoms with Crippen LogP contribution in [0.5, 0.6) is 11.5 Å². The van der Waals surface area contributed by atoms with Crippen LogP contribution >= 0.6 is 15.9 Å². The first-order valence-corrected chi connectivity index (χ1v) is 9.89. The zero-order chi connectivity index (χ0) is 21.5. The minimum atomic E-state index is -1.13. The number of carboxylic acid groups (broad SMARTS) is 1. The van der Waals surface area contributed by atoms with Crippen molar-refractivity contribution >= 4 is 33.5 Å². The monoisotopic (exact) mass is 467 g/mol. The predicted octanol–water partition coefficient (Wildman–Crippen LogP) is 5.78. The first kappa shape index (κ1) is 21.2. The van der Waals surface area contributed by atoms with Crippen LogP contribution in [0.4, 0.5) is 0 Å². The van der Waals surface area contributed by atoms with E-state index < -0.39 is 5.97 Å². The fourth-order valence-electron chi connectivity index (χ4n) is 2.72. The van der Waals surface area contributed by atoms with Gasteiger partial charge in [0.15, 0.2) is 11.5 Å². The second-order valence-electron chi connectivity index (χ2n) is 6.18. The number of halogens is 1. The number of hydrogen-bond acceptors (Lipinski definition) is 5. The van der Waals surface area contributed by atoms with Crippen molar-refractivity contribution in [3.05, 3.63) is 81.7 Å². The number of rotatable bonds is 8. The highest BCUT2D eigenvalue weighted by Gasteiger charge is 2.12. The average molecular weight is 468 g/mol. The van der Waals surface area contributed by atoms with E-state index in [1.54, 1.807) is 24.3 Å². The van der Waals surface area contributed by atoms with Gasteiger partial charge in [0.2, 0.25) is 5.76 Å². The average Bonchev–Trinajstić information content (AvgIpc) is 3.21. The molecule has 152 valence electrons. The van der Waals surface area contributed by atoms with Crippen LogP contribution in [0.3, 0.4) is 0 Å². The first-order chi connectivity index (χ1) is 14.5. The minimum absolute atomic E-state index is 0.0596. The molecule has 30 heavy (non-hydrogen) atoms. The molecule has 3 aromatic rings. The summed E-state index contributed by atoms with van der Waals surface area (Å²) in [7, 11) is 0. The lowest BCUT2D eigenvalue weighted by Crippen LogP contribution is -1.99. The highest BCUT2D eigenvalue weighted by Crippen LogP contribution is 2.31. The summed E-state index contributed by atoms with van der Waals surface area (Å²) in [6.45, 7) is 2.36. The van der Waals surface area contributed by atoms with Crippen molar-refractivity contribution in [3.63, 3.8) is 0 Å². The van der Waals surface area contributed by atoms with Crippen LogP contribution in [0.1, 0.15) is 34.4 Å². The van der Waals surface area contributed by atoms with Crippen molar-refractivity contribution in [1.29, 1.82) is 5.26 Å². The Bertz CT molecular complexity index is 1130. The van der Waals surface area contributed by atoms with Gasteiger partial charge in [-0.15, -0.1) is 0 Å². The largest absolute Gasteiger partial charge is 0.490 e. The lowest BCUT2D eigenvalue weighted by atomic mass is 10.0. The second-order valence-corrected chi connectivity index (χ2v) is 7.09. The van der Waals surface area contributed by atoms with Gasteiger partial charge in [-0.25, -0.2) is 4.79 Å². The van der Waals surface area contributed by atoms with E-state index in [0.29, 0.717) is 29.4 Å². The number of benzene rings is 2. The number of allylic oxidation sites excluding steroid dienone is 1. The Labute approximate surface area is 182 Å². The summed E-state index contributed by atoms with van der Waals surface area (Å²) in [5.74, 6) is 0.119. The van der Waals surface area contributed by atoms with Gasteiger partial charge in [0.1, 0.15) is 12.4 Å². The number of nitrogens with zero attached hydrogens (tertiary/aromatic N) is 1. The third kappa shape index (κ3) is 5.31. The van der Waals surface area contributed by atoms with Crippen LogP contribution < -0.4 is 9.47 Å². The summed E-state index contributed by atoms with van der Waals surface area (Å²) in [6, 6.07) is 18.0. The molecule has 0 saturated heterocycles. The van der Waals surface area contributed by atoms with Crippen LogP contribution in [-0.4, -0.2) is 17.7 Å². The molecule has 0 amide bonds. The summed E-state index contributed by atoms with van der Waals surface area (Å²) in [5, 5.41) is 18.5. The fraction of sp³-hybridized carbons (Fsp3) is 0.130. The van der Waals surface area contributed by atoms with E-state index in [2.05, 4.69) is 22.0 Å². The molecular formula is C23H18BrNO5. The Morgan fingerprint density at radius 2 is 2.00 bits per heavy atom. The number of furan rings is 1. The van der Waals surface area contributed by atoms with E-state index >= 15 is 0 Å². The maximum absolute atomic E-state index is 10.9. The number of ether oxygens (including phenoxy) is 2. The molecule has 6 nitrogen and oxygen atoms in total. The molecule has 0 saturated carbocycles. The summed E-state index contributed by atoms with van der Waals surface area (Å²) in [6.07, 6.45) is 1.78. The molecule has 0 spiro atoms. The van der Waals surface area contributed by atoms with Gasteiger partial charge in [0.05, 0.1) is 18.2 Å². The quantitative estimate of drug-likeness (QED) is 0.333. The van der Waals surface area contributed by atoms with E-state index in [1.807, 2.05) is 37.3 Å². The molecular weight excluding hydrogens is 450 g/mol. The smallest absolute Gasteiger partial charge is 0.371 e. The van der Waals surface area contributed by atoms with Crippen molar-refractivity contribution in [3.8, 4) is 17.6 Å². The lowest BCUT2D eigenvalue weighted by Gasteiger charge is -2.12. The molecule has 0 unspecified atom stereocenters. The van der Waals surface area contributed by atoms with Gasteiger partial charge in [0, 0.05) is 4.47 Å². The zero-order valence-corrected chi connectivity index (χ0v) is 17.7. The highest BCUT2D eigenvalue weighted by molar-refractivity contribution is 9.10. The molecule has 0 fully saturated rings. The van der Waals surface area contributed by atoms with E-state index in [9.17, 15) is 10.1 Å². The summed E-state index contributed by atoms with van der Waals surface area (Å²) >= 11 is 3.42. The zero-order valence-electron chi connectivity index (χ0n) is 16.1. The van der Waals surface area contributed by atoms with E-state index in [-0.39, 0.29) is 12.4 Å². The molecule has 0 aliphatic carbocycles. The lowest BCUT2D eigenvalue weighted by molar-refractivity contribution is 0.0658. The standard InChI is InChI=1S/C23H18BrNO5/c1-2-28-22-11-15(10-17(13-25)16-4-3-5-18(24)12-16)6-8-20(22)29-14-19-7-9-21(30-19)23(26)27/h3-12H,2,14H2,1H3,(H,26,27)/b17-10-.